The molecule has 0 bridgehead atoms. The lowest BCUT2D eigenvalue weighted by Crippen LogP contribution is -2.13. The monoisotopic (exact) mass is 382 g/mol. The van der Waals surface area contributed by atoms with Gasteiger partial charge in [-0.2, -0.15) is 0 Å². The van der Waals surface area contributed by atoms with E-state index < -0.39 is 21.7 Å². The molecule has 0 aliphatic carbocycles. The minimum absolute atomic E-state index is 0.298. The summed E-state index contributed by atoms with van der Waals surface area (Å²) >= 11 is 1.37. The Kier molecular flexibility index (Phi) is 4.73. The molecule has 1 aromatic heterocycles. The maximum atomic E-state index is 13.2. The molecule has 130 valence electrons. The Bertz CT molecular complexity index is 1000. The van der Waals surface area contributed by atoms with Crippen molar-refractivity contribution in [2.75, 3.05) is 4.72 Å². The molecule has 1 N–H and O–H groups in total. The normalized spacial score (nSPS) is 11.5. The first-order chi connectivity index (χ1) is 11.8. The molecule has 0 amide bonds. The first-order valence-corrected chi connectivity index (χ1v) is 9.25. The Hall–Kier alpha value is -2.46. The van der Waals surface area contributed by atoms with E-state index in [1.165, 1.54) is 11.8 Å². The van der Waals surface area contributed by atoms with Gasteiger partial charge in [-0.3, -0.25) is 4.72 Å². The van der Waals surface area contributed by atoms with E-state index in [9.17, 15) is 17.2 Å². The Morgan fingerprint density at radius 3 is 2.40 bits per heavy atom. The van der Waals surface area contributed by atoms with Crippen LogP contribution in [0.4, 0.5) is 14.5 Å². The van der Waals surface area contributed by atoms with Gasteiger partial charge in [-0.25, -0.2) is 17.2 Å². The highest BCUT2D eigenvalue weighted by atomic mass is 32.2. The third-order valence-corrected chi connectivity index (χ3v) is 5.63. The zero-order valence-electron chi connectivity index (χ0n) is 12.8. The van der Waals surface area contributed by atoms with Gasteiger partial charge in [-0.15, -0.1) is 10.2 Å². The SMILES string of the molecule is Cn1cnnc1Sc1ccc(NS(=O)(=O)c2ccc(F)c(F)c2)cc1. The van der Waals surface area contributed by atoms with Gasteiger partial charge in [0.25, 0.3) is 10.0 Å². The molecule has 0 saturated heterocycles. The molecule has 0 aliphatic heterocycles. The van der Waals surface area contributed by atoms with Gasteiger partial charge in [0, 0.05) is 17.6 Å². The van der Waals surface area contributed by atoms with Crippen LogP contribution in [0.25, 0.3) is 0 Å². The molecule has 2 aromatic carbocycles. The third kappa shape index (κ3) is 3.97. The van der Waals surface area contributed by atoms with Crippen molar-refractivity contribution in [1.82, 2.24) is 14.8 Å². The predicted molar refractivity (Wildman–Crippen MR) is 88.7 cm³/mol. The quantitative estimate of drug-likeness (QED) is 0.734. The zero-order chi connectivity index (χ0) is 18.0. The number of halogens is 2. The smallest absolute Gasteiger partial charge is 0.261 e. The number of rotatable bonds is 5. The molecule has 25 heavy (non-hydrogen) atoms. The van der Waals surface area contributed by atoms with Gasteiger partial charge in [0.15, 0.2) is 16.8 Å². The average molecular weight is 382 g/mol. The second kappa shape index (κ2) is 6.81. The Morgan fingerprint density at radius 1 is 1.08 bits per heavy atom. The molecule has 6 nitrogen and oxygen atoms in total. The number of benzene rings is 2. The number of nitrogens with zero attached hydrogens (tertiary/aromatic N) is 3. The van der Waals surface area contributed by atoms with E-state index in [0.29, 0.717) is 16.9 Å². The number of nitrogens with one attached hydrogen (secondary N) is 1. The van der Waals surface area contributed by atoms with Crippen molar-refractivity contribution in [2.45, 2.75) is 14.9 Å². The fourth-order valence-electron chi connectivity index (χ4n) is 1.92. The Morgan fingerprint density at radius 2 is 1.80 bits per heavy atom. The standard InChI is InChI=1S/C15H12F2N4O2S2/c1-21-9-18-19-15(21)24-11-4-2-10(3-5-11)20-25(22,23)12-6-7-13(16)14(17)8-12/h2-9,20H,1H3. The van der Waals surface area contributed by atoms with Crippen LogP contribution in [-0.2, 0) is 17.1 Å². The van der Waals surface area contributed by atoms with Gasteiger partial charge in [0.2, 0.25) is 0 Å². The van der Waals surface area contributed by atoms with Crippen LogP contribution < -0.4 is 4.72 Å². The van der Waals surface area contributed by atoms with Crippen molar-refractivity contribution in [2.24, 2.45) is 7.05 Å². The van der Waals surface area contributed by atoms with Gasteiger partial charge in [0.1, 0.15) is 6.33 Å². The van der Waals surface area contributed by atoms with Crippen molar-refractivity contribution >= 4 is 27.5 Å². The van der Waals surface area contributed by atoms with Crippen LogP contribution in [0.3, 0.4) is 0 Å². The largest absolute Gasteiger partial charge is 0.311 e. The number of aromatic nitrogens is 3. The second-order valence-corrected chi connectivity index (χ2v) is 7.76. The van der Waals surface area contributed by atoms with Gasteiger partial charge in [-0.05, 0) is 54.2 Å². The minimum Gasteiger partial charge on any atom is -0.311 e. The van der Waals surface area contributed by atoms with Gasteiger partial charge >= 0.3 is 0 Å². The van der Waals surface area contributed by atoms with E-state index in [1.807, 2.05) is 7.05 Å². The summed E-state index contributed by atoms with van der Waals surface area (Å²) in [7, 11) is -2.20. The highest BCUT2D eigenvalue weighted by molar-refractivity contribution is 7.99. The summed E-state index contributed by atoms with van der Waals surface area (Å²) in [5.74, 6) is -2.33. The minimum atomic E-state index is -4.01. The van der Waals surface area contributed by atoms with Crippen molar-refractivity contribution in [3.05, 3.63) is 60.4 Å². The lowest BCUT2D eigenvalue weighted by atomic mass is 10.3. The highest BCUT2D eigenvalue weighted by Crippen LogP contribution is 2.27. The molecule has 0 aliphatic rings. The fourth-order valence-corrected chi connectivity index (χ4v) is 3.75. The summed E-state index contributed by atoms with van der Waals surface area (Å²) in [5, 5.41) is 8.41. The summed E-state index contributed by atoms with van der Waals surface area (Å²) in [6, 6.07) is 8.96. The Balaban J connectivity index is 1.76. The molecule has 0 saturated carbocycles. The van der Waals surface area contributed by atoms with E-state index in [1.54, 1.807) is 35.2 Å². The first kappa shape index (κ1) is 17.4. The molecule has 3 rings (SSSR count). The van der Waals surface area contributed by atoms with E-state index in [-0.39, 0.29) is 4.90 Å². The molecular formula is C15H12F2N4O2S2. The molecule has 0 spiro atoms. The van der Waals surface area contributed by atoms with Crippen molar-refractivity contribution in [3.8, 4) is 0 Å². The number of aryl methyl sites for hydroxylation is 1. The number of sulfonamides is 1. The molecule has 3 aromatic rings. The molecule has 0 fully saturated rings. The van der Waals surface area contributed by atoms with Crippen LogP contribution in [0.15, 0.2) is 63.7 Å². The fraction of sp³-hybridized carbons (Fsp3) is 0.0667. The van der Waals surface area contributed by atoms with Crippen molar-refractivity contribution in [1.29, 1.82) is 0 Å². The summed E-state index contributed by atoms with van der Waals surface area (Å²) in [6.45, 7) is 0. The van der Waals surface area contributed by atoms with Crippen LogP contribution in [-0.4, -0.2) is 23.2 Å². The van der Waals surface area contributed by atoms with Crippen LogP contribution in [0.2, 0.25) is 0 Å². The Labute approximate surface area is 147 Å². The molecule has 1 heterocycles. The lowest BCUT2D eigenvalue weighted by molar-refractivity contribution is 0.504. The molecule has 0 radical (unpaired) electrons. The van der Waals surface area contributed by atoms with E-state index >= 15 is 0 Å². The third-order valence-electron chi connectivity index (χ3n) is 3.19. The van der Waals surface area contributed by atoms with E-state index in [2.05, 4.69) is 14.9 Å². The predicted octanol–water partition coefficient (Wildman–Crippen LogP) is 3.05. The summed E-state index contributed by atoms with van der Waals surface area (Å²) in [5.41, 5.74) is 0.298. The van der Waals surface area contributed by atoms with Crippen LogP contribution in [0.5, 0.6) is 0 Å². The zero-order valence-corrected chi connectivity index (χ0v) is 14.5. The van der Waals surface area contributed by atoms with Gasteiger partial charge < -0.3 is 4.57 Å². The molecular weight excluding hydrogens is 370 g/mol. The summed E-state index contributed by atoms with van der Waals surface area (Å²) in [4.78, 5) is 0.482. The topological polar surface area (TPSA) is 76.9 Å². The van der Waals surface area contributed by atoms with Gasteiger partial charge in [0.05, 0.1) is 4.90 Å². The molecule has 0 atom stereocenters. The second-order valence-electron chi connectivity index (χ2n) is 5.03. The number of hydrogen-bond acceptors (Lipinski definition) is 5. The van der Waals surface area contributed by atoms with Gasteiger partial charge in [-0.1, -0.05) is 0 Å². The van der Waals surface area contributed by atoms with E-state index in [4.69, 9.17) is 0 Å². The lowest BCUT2D eigenvalue weighted by Gasteiger charge is -2.09. The highest BCUT2D eigenvalue weighted by Gasteiger charge is 2.16. The molecule has 0 unspecified atom stereocenters. The maximum Gasteiger partial charge on any atom is 0.261 e. The first-order valence-electron chi connectivity index (χ1n) is 6.95. The summed E-state index contributed by atoms with van der Waals surface area (Å²) < 4.78 is 54.7. The van der Waals surface area contributed by atoms with Crippen LogP contribution in [0.1, 0.15) is 0 Å². The maximum absolute atomic E-state index is 13.2. The van der Waals surface area contributed by atoms with Crippen LogP contribution >= 0.6 is 11.8 Å². The average Bonchev–Trinajstić information content (AvgIpc) is 2.96. The number of anilines is 1. The molecule has 10 heteroatoms. The summed E-state index contributed by atoms with van der Waals surface area (Å²) in [6.07, 6.45) is 1.58. The van der Waals surface area contributed by atoms with E-state index in [0.717, 1.165) is 17.0 Å². The number of hydrogen-bond donors (Lipinski definition) is 1. The van der Waals surface area contributed by atoms with Crippen LogP contribution in [0, 0.1) is 11.6 Å². The van der Waals surface area contributed by atoms with Crippen molar-refractivity contribution < 1.29 is 17.2 Å². The van der Waals surface area contributed by atoms with Crippen molar-refractivity contribution in [3.63, 3.8) is 0 Å².